The number of fused-ring (bicyclic) bond motifs is 5. The summed E-state index contributed by atoms with van der Waals surface area (Å²) in [6.45, 7) is 10.5. The maximum atomic E-state index is 10.4. The van der Waals surface area contributed by atoms with Crippen LogP contribution in [-0.2, 0) is 34.0 Å². The number of aryl methyl sites for hydroxylation is 1. The van der Waals surface area contributed by atoms with Crippen LogP contribution in [0.1, 0.15) is 66.3 Å². The Morgan fingerprint density at radius 2 is 1.06 bits per heavy atom. The molecule has 0 saturated carbocycles. The van der Waals surface area contributed by atoms with Gasteiger partial charge in [-0.15, -0.1) is 0 Å². The molecule has 4 fully saturated rings. The number of piperidine rings is 4. The third kappa shape index (κ3) is 10.2. The van der Waals surface area contributed by atoms with Crippen LogP contribution in [0, 0.1) is 6.92 Å². The SMILES string of the molecule is Cc1ccc(S(=O)(=O)[O-])cc1.OCCC1(c2ccc3ccccc3c2)CCN(Cc2ccccc2)CC1.c1ccc(C[N+]23CCC(c4ccc5ccccc5c4)(CC2)CC3)cc1. The van der Waals surface area contributed by atoms with Gasteiger partial charge >= 0.3 is 0 Å². The molecule has 0 atom stereocenters. The van der Waals surface area contributed by atoms with Crippen molar-refractivity contribution in [3.8, 4) is 0 Å². The number of aliphatic hydroxyl groups is 1. The molecule has 0 aliphatic carbocycles. The van der Waals surface area contributed by atoms with Crippen molar-refractivity contribution in [1.29, 1.82) is 0 Å². The highest BCUT2D eigenvalue weighted by Crippen LogP contribution is 2.47. The molecule has 0 unspecified atom stereocenters. The quantitative estimate of drug-likeness (QED) is 0.116. The van der Waals surface area contributed by atoms with Gasteiger partial charge in [0.05, 0.1) is 24.5 Å². The minimum absolute atomic E-state index is 0.103. The zero-order valence-electron chi connectivity index (χ0n) is 36.0. The number of nitrogens with zero attached hydrogens (tertiary/aromatic N) is 2. The van der Waals surface area contributed by atoms with Crippen LogP contribution in [0.2, 0.25) is 0 Å². The molecule has 7 aromatic rings. The monoisotopic (exact) mass is 844 g/mol. The van der Waals surface area contributed by atoms with Gasteiger partial charge in [0.1, 0.15) is 16.7 Å². The number of rotatable bonds is 9. The molecule has 320 valence electrons. The van der Waals surface area contributed by atoms with E-state index < -0.39 is 10.1 Å². The summed E-state index contributed by atoms with van der Waals surface area (Å²) in [5.41, 5.74) is 7.33. The van der Waals surface area contributed by atoms with Crippen molar-refractivity contribution in [3.05, 3.63) is 198 Å². The first kappa shape index (κ1) is 43.5. The first-order valence-corrected chi connectivity index (χ1v) is 23.7. The van der Waals surface area contributed by atoms with Gasteiger partial charge in [-0.05, 0) is 95.1 Å². The standard InChI is InChI=1S/C24H27NO.C24H26N.C7H8O3S/c26-17-14-24(23-11-10-21-8-4-5-9-22(21)18-23)12-15-25(16-13-24)19-20-6-2-1-3-7-20;1-2-6-20(7-3-1)19-25-15-12-24(13-16-25,14-17-25)23-11-10-21-8-4-5-9-22(21)18-23;1-6-2-4-7(5-3-6)11(8,9)10/h1-11,18,26H,12-17,19H2;1-11,18H,12-17,19H2;2-5H,1H3,(H,8,9,10)/q;+1;/p-1. The predicted octanol–water partition coefficient (Wildman–Crippen LogP) is 10.9. The van der Waals surface area contributed by atoms with Gasteiger partial charge in [-0.25, -0.2) is 8.42 Å². The maximum absolute atomic E-state index is 10.4. The lowest BCUT2D eigenvalue weighted by molar-refractivity contribution is -0.955. The van der Waals surface area contributed by atoms with Gasteiger partial charge in [-0.3, -0.25) is 4.90 Å². The van der Waals surface area contributed by atoms with Crippen molar-refractivity contribution < 1.29 is 22.6 Å². The molecule has 1 N–H and O–H groups in total. The van der Waals surface area contributed by atoms with Gasteiger partial charge in [0, 0.05) is 43.4 Å². The lowest BCUT2D eigenvalue weighted by Crippen LogP contribution is -2.62. The van der Waals surface area contributed by atoms with Crippen LogP contribution in [0.4, 0.5) is 0 Å². The van der Waals surface area contributed by atoms with Gasteiger partial charge in [0.15, 0.2) is 0 Å². The summed E-state index contributed by atoms with van der Waals surface area (Å²) >= 11 is 0. The van der Waals surface area contributed by atoms with Crippen molar-refractivity contribution in [1.82, 2.24) is 4.90 Å². The lowest BCUT2D eigenvalue weighted by atomic mass is 9.66. The molecule has 0 spiro atoms. The fraction of sp³-hybridized carbons (Fsp3) is 0.309. The first-order valence-electron chi connectivity index (χ1n) is 22.3. The number of quaternary nitrogens is 1. The summed E-state index contributed by atoms with van der Waals surface area (Å²) < 4.78 is 32.5. The summed E-state index contributed by atoms with van der Waals surface area (Å²) in [5, 5.41) is 15.1. The third-order valence-corrected chi connectivity index (χ3v) is 15.1. The van der Waals surface area contributed by atoms with Crippen LogP contribution < -0.4 is 0 Å². The van der Waals surface area contributed by atoms with E-state index in [4.69, 9.17) is 0 Å². The van der Waals surface area contributed by atoms with E-state index in [1.165, 1.54) is 100 Å². The second kappa shape index (κ2) is 19.1. The van der Waals surface area contributed by atoms with Crippen LogP contribution in [0.3, 0.4) is 0 Å². The summed E-state index contributed by atoms with van der Waals surface area (Å²) in [7, 11) is -4.27. The van der Waals surface area contributed by atoms with Gasteiger partial charge < -0.3 is 14.1 Å². The number of aliphatic hydroxyl groups excluding tert-OH is 1. The molecule has 4 heterocycles. The third-order valence-electron chi connectivity index (χ3n) is 14.2. The zero-order valence-corrected chi connectivity index (χ0v) is 36.9. The van der Waals surface area contributed by atoms with E-state index in [1.54, 1.807) is 17.7 Å². The Balaban J connectivity index is 0.000000138. The zero-order chi connectivity index (χ0) is 43.0. The van der Waals surface area contributed by atoms with Crippen molar-refractivity contribution in [3.63, 3.8) is 0 Å². The van der Waals surface area contributed by atoms with Crippen LogP contribution in [0.25, 0.3) is 21.5 Å². The molecule has 2 bridgehead atoms. The van der Waals surface area contributed by atoms with Crippen LogP contribution in [0.15, 0.2) is 175 Å². The van der Waals surface area contributed by atoms with Crippen LogP contribution in [-0.4, -0.2) is 66.8 Å². The highest BCUT2D eigenvalue weighted by molar-refractivity contribution is 7.85. The second-order valence-corrected chi connectivity index (χ2v) is 19.5. The van der Waals surface area contributed by atoms with E-state index in [0.717, 1.165) is 44.5 Å². The van der Waals surface area contributed by atoms with Crippen LogP contribution in [0.5, 0.6) is 0 Å². The normalized spacial score (nSPS) is 20.8. The Hall–Kier alpha value is -5.15. The highest BCUT2D eigenvalue weighted by atomic mass is 32.2. The Kier molecular flexibility index (Phi) is 13.4. The average molecular weight is 845 g/mol. The van der Waals surface area contributed by atoms with Crippen molar-refractivity contribution >= 4 is 31.7 Å². The predicted molar refractivity (Wildman–Crippen MR) is 252 cm³/mol. The Morgan fingerprint density at radius 3 is 1.60 bits per heavy atom. The number of likely N-dealkylation sites (tertiary alicyclic amines) is 1. The molecule has 0 aromatic heterocycles. The van der Waals surface area contributed by atoms with E-state index in [9.17, 15) is 18.1 Å². The molecule has 62 heavy (non-hydrogen) atoms. The summed E-state index contributed by atoms with van der Waals surface area (Å²) in [5.74, 6) is 0. The second-order valence-electron chi connectivity index (χ2n) is 18.1. The summed E-state index contributed by atoms with van der Waals surface area (Å²) in [6.07, 6.45) is 7.11. The molecule has 7 heteroatoms. The molecule has 4 aliphatic heterocycles. The van der Waals surface area contributed by atoms with Gasteiger partial charge in [0.25, 0.3) is 0 Å². The largest absolute Gasteiger partial charge is 0.744 e. The van der Waals surface area contributed by atoms with Gasteiger partial charge in [-0.1, -0.05) is 163 Å². The van der Waals surface area contributed by atoms with E-state index >= 15 is 0 Å². The molecular weight excluding hydrogens is 785 g/mol. The first-order chi connectivity index (χ1) is 30.1. The Bertz CT molecular complexity index is 2630. The topological polar surface area (TPSA) is 80.7 Å². The summed E-state index contributed by atoms with van der Waals surface area (Å²) in [6, 6.07) is 59.0. The lowest BCUT2D eigenvalue weighted by Gasteiger charge is -2.55. The van der Waals surface area contributed by atoms with Crippen molar-refractivity contribution in [2.45, 2.75) is 74.3 Å². The van der Waals surface area contributed by atoms with E-state index in [-0.39, 0.29) is 16.9 Å². The molecule has 7 aromatic carbocycles. The van der Waals surface area contributed by atoms with Gasteiger partial charge in [-0.2, -0.15) is 0 Å². The van der Waals surface area contributed by atoms with E-state index in [1.807, 2.05) is 6.92 Å². The molecule has 0 amide bonds. The van der Waals surface area contributed by atoms with E-state index in [2.05, 4.69) is 150 Å². The molecule has 4 aliphatic rings. The fourth-order valence-electron chi connectivity index (χ4n) is 10.3. The van der Waals surface area contributed by atoms with Crippen molar-refractivity contribution in [2.75, 3.05) is 39.3 Å². The fourth-order valence-corrected chi connectivity index (χ4v) is 10.8. The number of hydrogen-bond acceptors (Lipinski definition) is 5. The minimum Gasteiger partial charge on any atom is -0.744 e. The van der Waals surface area contributed by atoms with E-state index in [0.29, 0.717) is 5.41 Å². The average Bonchev–Trinajstić information content (AvgIpc) is 3.31. The number of benzene rings is 7. The molecule has 11 rings (SSSR count). The minimum atomic E-state index is -4.27. The highest BCUT2D eigenvalue weighted by Gasteiger charge is 2.49. The Morgan fingerprint density at radius 1 is 0.581 bits per heavy atom. The van der Waals surface area contributed by atoms with Crippen LogP contribution >= 0.6 is 0 Å². The van der Waals surface area contributed by atoms with Gasteiger partial charge in [0.2, 0.25) is 0 Å². The molecule has 4 saturated heterocycles. The maximum Gasteiger partial charge on any atom is 0.124 e. The molecular formula is C55H60N2O4S. The molecule has 6 nitrogen and oxygen atoms in total. The Labute approximate surface area is 368 Å². The number of hydrogen-bond donors (Lipinski definition) is 1. The molecule has 0 radical (unpaired) electrons. The summed E-state index contributed by atoms with van der Waals surface area (Å²) in [4.78, 5) is 2.37. The smallest absolute Gasteiger partial charge is 0.124 e. The van der Waals surface area contributed by atoms with Crippen molar-refractivity contribution in [2.24, 2.45) is 0 Å².